The predicted molar refractivity (Wildman–Crippen MR) is 267 cm³/mol. The average Bonchev–Trinajstić information content (AvgIpc) is 3.35. The second-order valence-corrected chi connectivity index (χ2v) is 18.4. The summed E-state index contributed by atoms with van der Waals surface area (Å²) >= 11 is 0. The molecule has 2 unspecified atom stereocenters. The first kappa shape index (κ1) is 62.8. The Morgan fingerprint density at radius 2 is 0.919 bits per heavy atom. The summed E-state index contributed by atoms with van der Waals surface area (Å²) in [6.45, 7) is 3.91. The number of nitrogens with zero attached hydrogens (tertiary/aromatic N) is 8. The zero-order valence-corrected chi connectivity index (χ0v) is 48.9. The molecule has 0 radical (unpaired) electrons. The number of anilines is 10. The van der Waals surface area contributed by atoms with Gasteiger partial charge in [-0.05, 0) is 73.5 Å². The molecule has 74 heavy (non-hydrogen) atoms. The van der Waals surface area contributed by atoms with Crippen molar-refractivity contribution < 1.29 is 159 Å². The summed E-state index contributed by atoms with van der Waals surface area (Å²) in [6, 6.07) is 25.6. The second kappa shape index (κ2) is 30.9. The molecule has 2 atom stereocenters. The van der Waals surface area contributed by atoms with Crippen LogP contribution in [0.5, 0.6) is 0 Å². The van der Waals surface area contributed by atoms with E-state index in [1.54, 1.807) is 23.6 Å². The van der Waals surface area contributed by atoms with Gasteiger partial charge >= 0.3 is 103 Å². The van der Waals surface area contributed by atoms with Crippen LogP contribution in [0.1, 0.15) is 25.0 Å². The molecule has 0 aliphatic rings. The van der Waals surface area contributed by atoms with Crippen LogP contribution in [0, 0.1) is 0 Å². The quantitative estimate of drug-likeness (QED) is 0.0108. The van der Waals surface area contributed by atoms with Crippen LogP contribution in [-0.4, -0.2) is 154 Å². The van der Waals surface area contributed by atoms with Gasteiger partial charge < -0.3 is 70.1 Å². The van der Waals surface area contributed by atoms with E-state index in [0.29, 0.717) is 11.4 Å². The van der Waals surface area contributed by atoms with Gasteiger partial charge in [-0.3, -0.25) is 0 Å². The fraction of sp³-hybridized carbons (Fsp3) is 0.304. The molecule has 28 heteroatoms. The molecule has 6 aromatic rings. The van der Waals surface area contributed by atoms with Crippen molar-refractivity contribution in [1.29, 1.82) is 0 Å². The zero-order valence-electron chi connectivity index (χ0n) is 41.1. The van der Waals surface area contributed by atoms with Crippen LogP contribution in [0.4, 0.5) is 58.4 Å². The molecule has 2 heterocycles. The van der Waals surface area contributed by atoms with Crippen LogP contribution in [-0.2, 0) is 29.7 Å². The van der Waals surface area contributed by atoms with Crippen LogP contribution in [0.3, 0.4) is 0 Å². The summed E-state index contributed by atoms with van der Waals surface area (Å²) in [6.07, 6.45) is 0.764. The van der Waals surface area contributed by atoms with E-state index in [9.17, 15) is 46.4 Å². The minimum Gasteiger partial charge on any atom is -0.744 e. The minimum absolute atomic E-state index is 0. The van der Waals surface area contributed by atoms with Crippen LogP contribution < -0.4 is 134 Å². The number of aliphatic hydroxyl groups is 4. The van der Waals surface area contributed by atoms with E-state index in [-0.39, 0.29) is 227 Å². The summed E-state index contributed by atoms with van der Waals surface area (Å²) < 4.78 is 87.5. The normalized spacial score (nSPS) is 12.3. The van der Waals surface area contributed by atoms with E-state index in [0.717, 1.165) is 12.1 Å². The van der Waals surface area contributed by atoms with Gasteiger partial charge in [0.2, 0.25) is 35.7 Å². The summed E-state index contributed by atoms with van der Waals surface area (Å²) in [5.41, 5.74) is 1.17. The van der Waals surface area contributed by atoms with Crippen LogP contribution >= 0.6 is 0 Å². The summed E-state index contributed by atoms with van der Waals surface area (Å²) in [5.74, 6) is 0.169. The predicted octanol–water partition coefficient (Wildman–Crippen LogP) is -2.59. The van der Waals surface area contributed by atoms with Gasteiger partial charge in [-0.25, -0.2) is 16.8 Å². The molecule has 0 saturated carbocycles. The third kappa shape index (κ3) is 19.7. The Kier molecular flexibility index (Phi) is 26.2. The number of hydrogen-bond donors (Lipinski definition) is 8. The molecule has 0 aliphatic heterocycles. The second-order valence-electron chi connectivity index (χ2n) is 15.7. The van der Waals surface area contributed by atoms with Crippen molar-refractivity contribution in [1.82, 2.24) is 29.9 Å². The monoisotopic (exact) mass is 1110 g/mol. The first-order chi connectivity index (χ1) is 34.5. The molecule has 8 N–H and O–H groups in total. The Bertz CT molecular complexity index is 2780. The van der Waals surface area contributed by atoms with E-state index >= 15 is 0 Å². The van der Waals surface area contributed by atoms with Crippen molar-refractivity contribution in [3.05, 3.63) is 108 Å². The van der Waals surface area contributed by atoms with Gasteiger partial charge in [-0.2, -0.15) is 29.9 Å². The minimum atomic E-state index is -5.20. The first-order valence-corrected chi connectivity index (χ1v) is 25.1. The third-order valence-corrected chi connectivity index (χ3v) is 11.7. The number of hydrogen-bond acceptors (Lipinski definition) is 24. The Morgan fingerprint density at radius 3 is 1.26 bits per heavy atom. The summed E-state index contributed by atoms with van der Waals surface area (Å²) in [4.78, 5) is 29.0. The molecule has 0 amide bonds. The Morgan fingerprint density at radius 1 is 0.554 bits per heavy atom. The SMILES string of the molecule is CC(O)CNc1nc(Nc2ccc(/C=C/c3ccc(Nc4nc(NCC(C)O)nc(N(CCOCCO)c5ccccc5)n4)cc3S(=O)(=O)[O-])c(S(=O)(=O)[O-])c2)nc(N(CCOCCO)c2ccccc2)n1.[K+].[K+]. The maximum absolute atomic E-state index is 12.8. The number of nitrogens with one attached hydrogen (secondary N) is 4. The average molecular weight is 1110 g/mol. The van der Waals surface area contributed by atoms with Gasteiger partial charge in [-0.15, -0.1) is 0 Å². The van der Waals surface area contributed by atoms with Crippen LogP contribution in [0.2, 0.25) is 0 Å². The van der Waals surface area contributed by atoms with Crippen molar-refractivity contribution in [2.45, 2.75) is 35.8 Å². The van der Waals surface area contributed by atoms with E-state index in [1.807, 2.05) is 60.7 Å². The third-order valence-electron chi connectivity index (χ3n) is 9.89. The Labute approximate surface area is 513 Å². The topological polar surface area (TPSA) is 346 Å². The molecular formula is C46H54K2N12O12S2. The Hall–Kier alpha value is -3.71. The van der Waals surface area contributed by atoms with Crippen molar-refractivity contribution >= 4 is 90.8 Å². The van der Waals surface area contributed by atoms with Crippen LogP contribution in [0.25, 0.3) is 12.2 Å². The van der Waals surface area contributed by atoms with E-state index in [1.165, 1.54) is 36.4 Å². The van der Waals surface area contributed by atoms with Crippen molar-refractivity contribution in [3.63, 3.8) is 0 Å². The van der Waals surface area contributed by atoms with E-state index in [2.05, 4.69) is 51.2 Å². The Balaban J connectivity index is 0.00000593. The van der Waals surface area contributed by atoms with Gasteiger partial charge in [0.1, 0.15) is 20.2 Å². The fourth-order valence-electron chi connectivity index (χ4n) is 6.64. The van der Waals surface area contributed by atoms with Gasteiger partial charge in [0.25, 0.3) is 0 Å². The molecule has 384 valence electrons. The molecule has 24 nitrogen and oxygen atoms in total. The van der Waals surface area contributed by atoms with Crippen molar-refractivity contribution in [3.8, 4) is 0 Å². The molecule has 0 saturated heterocycles. The van der Waals surface area contributed by atoms with E-state index < -0.39 is 42.2 Å². The molecule has 0 spiro atoms. The number of para-hydroxylation sites is 2. The van der Waals surface area contributed by atoms with Gasteiger partial charge in [0, 0.05) is 48.9 Å². The number of benzene rings is 4. The molecular weight excluding hydrogens is 1050 g/mol. The fourth-order valence-corrected chi connectivity index (χ4v) is 8.03. The zero-order chi connectivity index (χ0) is 51.7. The van der Waals surface area contributed by atoms with Crippen molar-refractivity contribution in [2.75, 3.05) is 96.9 Å². The maximum Gasteiger partial charge on any atom is 1.00 e. The summed E-state index contributed by atoms with van der Waals surface area (Å²) in [5, 5.41) is 50.1. The van der Waals surface area contributed by atoms with Gasteiger partial charge in [0.15, 0.2) is 0 Å². The molecule has 0 aliphatic carbocycles. The maximum atomic E-state index is 12.8. The summed E-state index contributed by atoms with van der Waals surface area (Å²) in [7, 11) is -10.4. The standard InChI is InChI=1S/C46H56N12O12S2.2K/c1-31(61)29-47-41-51-43(55-45(53-41)57(19-23-69-25-21-59)37-9-5-3-6-10-37)49-35-17-15-33(39(27-35)71(63,64)65)13-14-34-16-18-36(28-40(34)72(66,67)68)50-44-52-42(48-30-32(2)62)54-46(56-44)58(20-24-70-26-22-60)38-11-7-4-8-12-38;;/h3-18,27-28,31-32,59-62H,19-26,29-30H2,1-2H3,(H,63,64,65)(H,66,67,68)(H2,47,49,51,53,55)(H2,48,50,52,54,56);;/q;2*+1/p-2/b14-13+;;. The van der Waals surface area contributed by atoms with E-state index in [4.69, 9.17) is 9.47 Å². The van der Waals surface area contributed by atoms with Gasteiger partial charge in [0.05, 0.1) is 61.6 Å². The number of aliphatic hydroxyl groups excluding tert-OH is 4. The smallest absolute Gasteiger partial charge is 0.744 e. The van der Waals surface area contributed by atoms with Gasteiger partial charge in [-0.1, -0.05) is 60.7 Å². The molecule has 0 fully saturated rings. The van der Waals surface area contributed by atoms with Crippen LogP contribution in [0.15, 0.2) is 107 Å². The molecule has 0 bridgehead atoms. The number of aromatic nitrogens is 6. The number of ether oxygens (including phenoxy) is 2. The largest absolute Gasteiger partial charge is 1.00 e. The number of rotatable bonds is 28. The molecule has 6 rings (SSSR count). The van der Waals surface area contributed by atoms with Crippen molar-refractivity contribution in [2.24, 2.45) is 0 Å². The molecule has 2 aromatic heterocycles. The first-order valence-electron chi connectivity index (χ1n) is 22.3. The molecule has 4 aromatic carbocycles.